The number of nitrogens with one attached hydrogen (secondary N) is 1. The second-order valence-corrected chi connectivity index (χ2v) is 5.68. The molecule has 0 aliphatic heterocycles. The van der Waals surface area contributed by atoms with Gasteiger partial charge >= 0.3 is 5.97 Å². The molecule has 0 spiro atoms. The summed E-state index contributed by atoms with van der Waals surface area (Å²) in [5.41, 5.74) is 0.584. The van der Waals surface area contributed by atoms with Crippen LogP contribution in [-0.2, 0) is 16.1 Å². The topological polar surface area (TPSA) is 75.6 Å². The van der Waals surface area contributed by atoms with Crippen LogP contribution in [0.2, 0.25) is 4.34 Å². The minimum absolute atomic E-state index is 0.148. The fraction of sp³-hybridized carbons (Fsp3) is 0.385. The van der Waals surface area contributed by atoms with Gasteiger partial charge in [0.05, 0.1) is 10.9 Å². The second-order valence-electron chi connectivity index (χ2n) is 4.02. The van der Waals surface area contributed by atoms with Gasteiger partial charge in [0.1, 0.15) is 11.0 Å². The Hall–Kier alpha value is -1.37. The van der Waals surface area contributed by atoms with E-state index in [1.54, 1.807) is 13.0 Å². The van der Waals surface area contributed by atoms with E-state index in [0.717, 1.165) is 11.3 Å². The minimum atomic E-state index is -1.03. The van der Waals surface area contributed by atoms with Gasteiger partial charge in [0.25, 0.3) is 0 Å². The van der Waals surface area contributed by atoms with E-state index in [4.69, 9.17) is 21.4 Å². The largest absolute Gasteiger partial charge is 0.477 e. The number of carboxylic acid groups (broad SMARTS) is 1. The van der Waals surface area contributed by atoms with Crippen LogP contribution in [0.4, 0.5) is 0 Å². The van der Waals surface area contributed by atoms with Crippen molar-refractivity contribution < 1.29 is 19.4 Å². The highest BCUT2D eigenvalue weighted by molar-refractivity contribution is 7.18. The second kappa shape index (κ2) is 8.04. The minimum Gasteiger partial charge on any atom is -0.477 e. The summed E-state index contributed by atoms with van der Waals surface area (Å²) in [6, 6.07) is 1.46. The molecular formula is C13H16ClNO4S. The zero-order valence-electron chi connectivity index (χ0n) is 11.0. The molecule has 0 saturated carbocycles. The molecule has 0 radical (unpaired) electrons. The van der Waals surface area contributed by atoms with Crippen molar-refractivity contribution in [2.75, 3.05) is 6.61 Å². The maximum absolute atomic E-state index is 11.7. The Bertz CT molecular complexity index is 501. The van der Waals surface area contributed by atoms with Crippen molar-refractivity contribution in [3.63, 3.8) is 0 Å². The van der Waals surface area contributed by atoms with Crippen LogP contribution in [0.15, 0.2) is 18.7 Å². The summed E-state index contributed by atoms with van der Waals surface area (Å²) in [6.07, 6.45) is 1.81. The van der Waals surface area contributed by atoms with E-state index in [0.29, 0.717) is 22.9 Å². The molecule has 1 aromatic rings. The molecule has 0 fully saturated rings. The van der Waals surface area contributed by atoms with Gasteiger partial charge in [0.2, 0.25) is 5.91 Å². The van der Waals surface area contributed by atoms with Crippen molar-refractivity contribution in [1.82, 2.24) is 5.32 Å². The summed E-state index contributed by atoms with van der Waals surface area (Å²) < 4.78 is 5.66. The van der Waals surface area contributed by atoms with Gasteiger partial charge in [0, 0.05) is 12.1 Å². The molecule has 2 N–H and O–H groups in total. The van der Waals surface area contributed by atoms with Crippen LogP contribution in [0.1, 0.15) is 28.6 Å². The summed E-state index contributed by atoms with van der Waals surface area (Å²) in [4.78, 5) is 22.7. The number of carbonyl (C=O) groups is 2. The number of thiophene rings is 1. The summed E-state index contributed by atoms with van der Waals surface area (Å²) in [7, 11) is 0. The monoisotopic (exact) mass is 317 g/mol. The average molecular weight is 318 g/mol. The molecule has 0 aliphatic carbocycles. The zero-order valence-corrected chi connectivity index (χ0v) is 12.6. The zero-order chi connectivity index (χ0) is 15.1. The number of rotatable bonds is 8. The lowest BCUT2D eigenvalue weighted by molar-refractivity contribution is -0.131. The number of ether oxygens (including phenoxy) is 1. The van der Waals surface area contributed by atoms with E-state index < -0.39 is 12.1 Å². The van der Waals surface area contributed by atoms with Crippen molar-refractivity contribution in [2.45, 2.75) is 26.0 Å². The van der Waals surface area contributed by atoms with E-state index in [9.17, 15) is 9.59 Å². The number of hydrogen-bond acceptors (Lipinski definition) is 4. The van der Waals surface area contributed by atoms with Gasteiger partial charge < -0.3 is 15.2 Å². The van der Waals surface area contributed by atoms with Crippen molar-refractivity contribution in [3.8, 4) is 0 Å². The van der Waals surface area contributed by atoms with Gasteiger partial charge in [-0.15, -0.1) is 17.9 Å². The third kappa shape index (κ3) is 4.96. The first-order valence-corrected chi connectivity index (χ1v) is 7.16. The maximum Gasteiger partial charge on any atom is 0.345 e. The van der Waals surface area contributed by atoms with E-state index in [2.05, 4.69) is 11.9 Å². The van der Waals surface area contributed by atoms with Crippen molar-refractivity contribution in [2.24, 2.45) is 0 Å². The molecule has 1 aromatic heterocycles. The van der Waals surface area contributed by atoms with Crippen LogP contribution in [-0.4, -0.2) is 29.7 Å². The first kappa shape index (κ1) is 16.7. The van der Waals surface area contributed by atoms with E-state index in [1.165, 1.54) is 6.07 Å². The molecule has 1 amide bonds. The molecule has 0 aliphatic rings. The number of hydrogen-bond donors (Lipinski definition) is 2. The quantitative estimate of drug-likeness (QED) is 0.571. The van der Waals surface area contributed by atoms with E-state index in [-0.39, 0.29) is 17.3 Å². The van der Waals surface area contributed by atoms with Crippen molar-refractivity contribution in [3.05, 3.63) is 33.5 Å². The van der Waals surface area contributed by atoms with Gasteiger partial charge in [-0.2, -0.15) is 0 Å². The summed E-state index contributed by atoms with van der Waals surface area (Å²) >= 11 is 6.89. The van der Waals surface area contributed by atoms with Crippen LogP contribution in [0.3, 0.4) is 0 Å². The number of halogens is 1. The maximum atomic E-state index is 11.7. The van der Waals surface area contributed by atoms with Crippen LogP contribution >= 0.6 is 22.9 Å². The summed E-state index contributed by atoms with van der Waals surface area (Å²) in [5, 5.41) is 11.5. The predicted molar refractivity (Wildman–Crippen MR) is 78.4 cm³/mol. The Balaban J connectivity index is 2.48. The normalized spacial score (nSPS) is 11.9. The summed E-state index contributed by atoms with van der Waals surface area (Å²) in [6.45, 7) is 5.82. The molecule has 5 nitrogen and oxygen atoms in total. The average Bonchev–Trinajstić information content (AvgIpc) is 2.77. The first-order chi connectivity index (χ1) is 9.45. The van der Waals surface area contributed by atoms with Crippen LogP contribution < -0.4 is 5.32 Å². The first-order valence-electron chi connectivity index (χ1n) is 5.97. The molecule has 0 aromatic carbocycles. The molecular weight excluding hydrogens is 302 g/mol. The number of carbonyl (C=O) groups excluding carboxylic acids is 1. The molecule has 1 atom stereocenters. The molecule has 110 valence electrons. The lowest BCUT2D eigenvalue weighted by atomic mass is 10.3. The van der Waals surface area contributed by atoms with E-state index >= 15 is 0 Å². The molecule has 7 heteroatoms. The number of amides is 1. The Morgan fingerprint density at radius 2 is 2.35 bits per heavy atom. The highest BCUT2D eigenvalue weighted by atomic mass is 35.5. The molecule has 1 unspecified atom stereocenters. The van der Waals surface area contributed by atoms with Crippen molar-refractivity contribution in [1.29, 1.82) is 0 Å². The van der Waals surface area contributed by atoms with Crippen LogP contribution in [0, 0.1) is 0 Å². The van der Waals surface area contributed by atoms with Gasteiger partial charge in [-0.1, -0.05) is 17.7 Å². The molecule has 0 bridgehead atoms. The Morgan fingerprint density at radius 3 is 2.90 bits per heavy atom. The Kier molecular flexibility index (Phi) is 6.70. The fourth-order valence-electron chi connectivity index (χ4n) is 1.36. The third-order valence-corrected chi connectivity index (χ3v) is 3.91. The third-order valence-electron chi connectivity index (χ3n) is 2.48. The highest BCUT2D eigenvalue weighted by Gasteiger charge is 2.16. The highest BCUT2D eigenvalue weighted by Crippen LogP contribution is 2.27. The predicted octanol–water partition coefficient (Wildman–Crippen LogP) is 2.70. The van der Waals surface area contributed by atoms with Crippen molar-refractivity contribution >= 4 is 34.8 Å². The Labute approximate surface area is 126 Å². The van der Waals surface area contributed by atoms with Gasteiger partial charge in [-0.3, -0.25) is 4.79 Å². The van der Waals surface area contributed by atoms with Gasteiger partial charge in [-0.05, 0) is 19.4 Å². The molecule has 1 rings (SSSR count). The lowest BCUT2D eigenvalue weighted by Gasteiger charge is -2.12. The standard InChI is InChI=1S/C13H16ClNO4S/c1-3-4-5-19-8(2)12(16)15-7-9-6-10(13(17)18)20-11(9)14/h3,6,8H,1,4-5,7H2,2H3,(H,15,16)(H,17,18). The Morgan fingerprint density at radius 1 is 1.65 bits per heavy atom. The van der Waals surface area contributed by atoms with Crippen LogP contribution in [0.25, 0.3) is 0 Å². The van der Waals surface area contributed by atoms with Gasteiger partial charge in [-0.25, -0.2) is 4.79 Å². The summed E-state index contributed by atoms with van der Waals surface area (Å²) in [5.74, 6) is -1.30. The smallest absolute Gasteiger partial charge is 0.345 e. The van der Waals surface area contributed by atoms with E-state index in [1.807, 2.05) is 0 Å². The molecule has 20 heavy (non-hydrogen) atoms. The SMILES string of the molecule is C=CCCOC(C)C(=O)NCc1cc(C(=O)O)sc1Cl. The van der Waals surface area contributed by atoms with Gasteiger partial charge in [0.15, 0.2) is 0 Å². The molecule has 0 saturated heterocycles. The molecule has 1 heterocycles. The lowest BCUT2D eigenvalue weighted by Crippen LogP contribution is -2.34. The fourth-order valence-corrected chi connectivity index (χ4v) is 2.48. The van der Waals surface area contributed by atoms with Crippen LogP contribution in [0.5, 0.6) is 0 Å². The number of carboxylic acids is 1. The number of aromatic carboxylic acids is 1.